The molecule has 0 spiro atoms. The minimum absolute atomic E-state index is 0.0749. The normalized spacial score (nSPS) is 17.2. The van der Waals surface area contributed by atoms with Crippen LogP contribution in [-0.2, 0) is 4.79 Å². The molecule has 3 aromatic rings. The summed E-state index contributed by atoms with van der Waals surface area (Å²) in [7, 11) is 1.76. The van der Waals surface area contributed by atoms with E-state index in [9.17, 15) is 22.4 Å². The smallest absolute Gasteiger partial charge is 0.387 e. The highest BCUT2D eigenvalue weighted by Gasteiger charge is 2.32. The summed E-state index contributed by atoms with van der Waals surface area (Å²) in [6, 6.07) is 5.24. The number of carbonyl (C=O) groups excluding carboxylic acids is 1. The number of amides is 1. The van der Waals surface area contributed by atoms with Gasteiger partial charge in [0.05, 0.1) is 29.7 Å². The second-order valence-electron chi connectivity index (χ2n) is 9.44. The van der Waals surface area contributed by atoms with Crippen LogP contribution >= 0.6 is 0 Å². The fourth-order valence-electron chi connectivity index (χ4n) is 4.09. The molecular formula is C26H34F4N8O2. The van der Waals surface area contributed by atoms with E-state index in [1.54, 1.807) is 11.6 Å². The molecular weight excluding hydrogens is 532 g/mol. The number of aliphatic imine (C=N–C) groups is 1. The Hall–Kier alpha value is -3.81. The average Bonchev–Trinajstić information content (AvgIpc) is 3.34. The number of aryl methyl sites for hydroxylation is 1. The Balaban J connectivity index is 0.000000663. The van der Waals surface area contributed by atoms with Crippen LogP contribution in [-0.4, -0.2) is 86.3 Å². The number of nitrogens with zero attached hydrogens (tertiary/aromatic N) is 6. The summed E-state index contributed by atoms with van der Waals surface area (Å²) in [5.41, 5.74) is 5.00. The van der Waals surface area contributed by atoms with Crippen molar-refractivity contribution < 1.29 is 27.5 Å². The molecule has 1 fully saturated rings. The largest absolute Gasteiger partial charge is 0.388 e. The third-order valence-corrected chi connectivity index (χ3v) is 6.17. The number of nitrogens with one attached hydrogen (secondary N) is 2. The number of likely N-dealkylation sites (tertiary alicyclic amines) is 1. The minimum Gasteiger partial charge on any atom is -0.387 e. The van der Waals surface area contributed by atoms with Crippen LogP contribution in [0.1, 0.15) is 39.3 Å². The van der Waals surface area contributed by atoms with Crippen LogP contribution in [0.15, 0.2) is 29.4 Å². The molecule has 2 atom stereocenters. The lowest BCUT2D eigenvalue weighted by Crippen LogP contribution is -2.50. The number of aromatic nitrogens is 4. The third-order valence-electron chi connectivity index (χ3n) is 6.17. The van der Waals surface area contributed by atoms with Crippen molar-refractivity contribution in [2.24, 2.45) is 4.99 Å². The van der Waals surface area contributed by atoms with Crippen molar-refractivity contribution >= 4 is 34.6 Å². The molecule has 1 aliphatic rings. The lowest BCUT2D eigenvalue weighted by molar-refractivity contribution is -0.136. The van der Waals surface area contributed by atoms with Gasteiger partial charge in [0.15, 0.2) is 5.82 Å². The van der Waals surface area contributed by atoms with Crippen molar-refractivity contribution in [3.63, 3.8) is 0 Å². The number of fused-ring (bicyclic) bond motifs is 1. The highest BCUT2D eigenvalue weighted by Crippen LogP contribution is 2.31. The summed E-state index contributed by atoms with van der Waals surface area (Å²) < 4.78 is 48.8. The van der Waals surface area contributed by atoms with Crippen molar-refractivity contribution in [1.29, 1.82) is 0 Å². The van der Waals surface area contributed by atoms with Crippen LogP contribution in [0, 0.1) is 6.92 Å². The lowest BCUT2D eigenvalue weighted by Gasteiger charge is -2.34. The molecule has 0 radical (unpaired) electrons. The molecule has 2 unspecified atom stereocenters. The molecule has 0 aliphatic carbocycles. The zero-order valence-electron chi connectivity index (χ0n) is 23.1. The standard InChI is InChI=1S/C23H29FN8O2.C3H5F3/c1-13(2)26-17-5-6-18(27-14(17)3)15-7-10-32-21(15)22(25-4)29-23(30-32)28-19-8-9-31(11-16(19)24)20(34)12-33;1-2-3(4,5)6/h5-7,10,16,19,33H,8-9,11-12H2,1-4H3,(H2,25,28,29,30);2H2,1H3. The molecule has 40 heavy (non-hydrogen) atoms. The first-order valence-corrected chi connectivity index (χ1v) is 12.8. The number of piperidine rings is 1. The molecule has 1 aliphatic heterocycles. The number of aliphatic hydroxyl groups is 1. The Labute approximate surface area is 229 Å². The predicted molar refractivity (Wildman–Crippen MR) is 146 cm³/mol. The van der Waals surface area contributed by atoms with Gasteiger partial charge in [-0.15, -0.1) is 5.10 Å². The molecule has 3 aromatic heterocycles. The number of hydrogen-bond acceptors (Lipinski definition) is 8. The second kappa shape index (κ2) is 13.0. The first-order chi connectivity index (χ1) is 18.9. The van der Waals surface area contributed by atoms with Crippen LogP contribution in [0.4, 0.5) is 35.0 Å². The van der Waals surface area contributed by atoms with E-state index in [2.05, 4.69) is 25.7 Å². The van der Waals surface area contributed by atoms with Crippen molar-refractivity contribution in [2.75, 3.05) is 37.4 Å². The number of carbonyl (C=O) groups is 1. The number of anilines is 2. The topological polar surface area (TPSA) is 120 Å². The molecule has 10 nitrogen and oxygen atoms in total. The van der Waals surface area contributed by atoms with Gasteiger partial charge in [0.1, 0.15) is 18.3 Å². The highest BCUT2D eigenvalue weighted by atomic mass is 19.4. The molecule has 0 saturated carbocycles. The van der Waals surface area contributed by atoms with Crippen LogP contribution in [0.25, 0.3) is 16.8 Å². The number of hydrogen-bond donors (Lipinski definition) is 3. The Morgan fingerprint density at radius 3 is 2.48 bits per heavy atom. The van der Waals surface area contributed by atoms with Crippen LogP contribution < -0.4 is 10.6 Å². The van der Waals surface area contributed by atoms with Gasteiger partial charge >= 0.3 is 6.18 Å². The predicted octanol–water partition coefficient (Wildman–Crippen LogP) is 4.56. The van der Waals surface area contributed by atoms with Gasteiger partial charge in [-0.05, 0) is 45.4 Å². The molecule has 0 bridgehead atoms. The molecule has 14 heteroatoms. The molecule has 4 rings (SSSR count). The van der Waals surface area contributed by atoms with E-state index in [4.69, 9.17) is 10.1 Å². The number of aliphatic hydroxyl groups excluding tert-OH is 1. The van der Waals surface area contributed by atoms with Gasteiger partial charge in [0.2, 0.25) is 11.9 Å². The van der Waals surface area contributed by atoms with Crippen LogP contribution in [0.5, 0.6) is 0 Å². The first kappa shape index (κ1) is 30.7. The van der Waals surface area contributed by atoms with Crippen LogP contribution in [0.2, 0.25) is 0 Å². The van der Waals surface area contributed by atoms with E-state index in [-0.39, 0.29) is 12.5 Å². The quantitative estimate of drug-likeness (QED) is 0.296. The Kier molecular flexibility index (Phi) is 10.0. The van der Waals surface area contributed by atoms with Gasteiger partial charge < -0.3 is 20.6 Å². The minimum atomic E-state index is -3.96. The monoisotopic (exact) mass is 566 g/mol. The Morgan fingerprint density at radius 1 is 1.23 bits per heavy atom. The summed E-state index contributed by atoms with van der Waals surface area (Å²) in [5.74, 6) is 0.386. The number of alkyl halides is 4. The Bertz CT molecular complexity index is 1350. The fraction of sp³-hybridized carbons (Fsp3) is 0.500. The molecule has 1 amide bonds. The molecule has 218 valence electrons. The fourth-order valence-corrected chi connectivity index (χ4v) is 4.09. The van der Waals surface area contributed by atoms with Gasteiger partial charge in [-0.3, -0.25) is 14.8 Å². The van der Waals surface area contributed by atoms with Crippen molar-refractivity contribution in [3.8, 4) is 11.3 Å². The summed E-state index contributed by atoms with van der Waals surface area (Å²) in [6.45, 7) is 6.56. The van der Waals surface area contributed by atoms with Gasteiger partial charge in [-0.1, -0.05) is 6.92 Å². The van der Waals surface area contributed by atoms with Crippen LogP contribution in [0.3, 0.4) is 0 Å². The molecule has 0 aromatic carbocycles. The van der Waals surface area contributed by atoms with Crippen molar-refractivity contribution in [1.82, 2.24) is 24.5 Å². The summed E-state index contributed by atoms with van der Waals surface area (Å²) in [4.78, 5) is 26.8. The van der Waals surface area contributed by atoms with Gasteiger partial charge in [0, 0.05) is 37.5 Å². The third kappa shape index (κ3) is 7.64. The zero-order valence-corrected chi connectivity index (χ0v) is 23.1. The average molecular weight is 567 g/mol. The number of rotatable bonds is 6. The van der Waals surface area contributed by atoms with Crippen molar-refractivity contribution in [3.05, 3.63) is 30.1 Å². The van der Waals surface area contributed by atoms with E-state index in [1.165, 1.54) is 4.90 Å². The maximum atomic E-state index is 14.7. The van der Waals surface area contributed by atoms with Gasteiger partial charge in [-0.25, -0.2) is 8.91 Å². The van der Waals surface area contributed by atoms with Crippen molar-refractivity contribution in [2.45, 2.75) is 58.9 Å². The maximum Gasteiger partial charge on any atom is 0.388 e. The SMILES string of the molecule is CCC(F)(F)F.CNc1nc(NC2CCN(C(=O)CO)CC2F)nn2ccc(-c3ccc(N=C(C)C)c(C)n3)c12. The summed E-state index contributed by atoms with van der Waals surface area (Å²) >= 11 is 0. The molecule has 4 heterocycles. The van der Waals surface area contributed by atoms with Gasteiger partial charge in [-0.2, -0.15) is 18.2 Å². The summed E-state index contributed by atoms with van der Waals surface area (Å²) in [6.07, 6.45) is -3.79. The zero-order chi connectivity index (χ0) is 29.6. The van der Waals surface area contributed by atoms with Gasteiger partial charge in [0.25, 0.3) is 0 Å². The highest BCUT2D eigenvalue weighted by molar-refractivity contribution is 5.88. The van der Waals surface area contributed by atoms with E-state index >= 15 is 0 Å². The maximum absolute atomic E-state index is 14.7. The lowest BCUT2D eigenvalue weighted by atomic mass is 10.0. The first-order valence-electron chi connectivity index (χ1n) is 12.8. The van der Waals surface area contributed by atoms with E-state index in [0.29, 0.717) is 18.8 Å². The summed E-state index contributed by atoms with van der Waals surface area (Å²) in [5, 5.41) is 19.7. The number of pyridine rings is 1. The molecule has 1 saturated heterocycles. The molecule has 3 N–H and O–H groups in total. The Morgan fingerprint density at radius 2 is 1.93 bits per heavy atom. The van der Waals surface area contributed by atoms with E-state index in [0.717, 1.165) is 40.8 Å². The van der Waals surface area contributed by atoms with E-state index < -0.39 is 37.3 Å². The number of halogens is 4. The second-order valence-corrected chi connectivity index (χ2v) is 9.44. The van der Waals surface area contributed by atoms with E-state index in [1.807, 2.05) is 45.2 Å².